The predicted molar refractivity (Wildman–Crippen MR) is 88.8 cm³/mol. The number of nitrogens with zero attached hydrogens (tertiary/aromatic N) is 1. The fourth-order valence-corrected chi connectivity index (χ4v) is 3.14. The van der Waals surface area contributed by atoms with Gasteiger partial charge < -0.3 is 14.6 Å². The maximum atomic E-state index is 12.4. The Morgan fingerprint density at radius 2 is 2.30 bits per heavy atom. The average Bonchev–Trinajstić information content (AvgIpc) is 3.13. The van der Waals surface area contributed by atoms with Crippen LogP contribution in [0.4, 0.5) is 0 Å². The van der Waals surface area contributed by atoms with Crippen LogP contribution in [0.3, 0.4) is 0 Å². The molecule has 1 atom stereocenters. The molecule has 2 heterocycles. The molecular formula is C18H26N2O3. The number of amides is 2. The van der Waals surface area contributed by atoms with Crippen LogP contribution in [0.15, 0.2) is 35.0 Å². The highest BCUT2D eigenvalue weighted by atomic mass is 16.3. The fourth-order valence-electron chi connectivity index (χ4n) is 3.14. The number of carbonyl (C=O) groups excluding carboxylic acids is 2. The van der Waals surface area contributed by atoms with E-state index in [9.17, 15) is 9.59 Å². The van der Waals surface area contributed by atoms with Crippen LogP contribution in [0.25, 0.3) is 0 Å². The second-order valence-electron chi connectivity index (χ2n) is 6.45. The van der Waals surface area contributed by atoms with E-state index in [-0.39, 0.29) is 17.4 Å². The molecule has 23 heavy (non-hydrogen) atoms. The minimum Gasteiger partial charge on any atom is -0.469 e. The minimum absolute atomic E-state index is 0.0540. The molecule has 0 radical (unpaired) electrons. The van der Waals surface area contributed by atoms with Crippen molar-refractivity contribution in [1.29, 1.82) is 0 Å². The van der Waals surface area contributed by atoms with Crippen molar-refractivity contribution in [3.63, 3.8) is 0 Å². The number of hydrogen-bond acceptors (Lipinski definition) is 3. The quantitative estimate of drug-likeness (QED) is 0.750. The molecule has 0 bridgehead atoms. The number of likely N-dealkylation sites (N-methyl/N-ethyl adjacent to an activating group) is 1. The van der Waals surface area contributed by atoms with Gasteiger partial charge in [-0.05, 0) is 38.8 Å². The van der Waals surface area contributed by atoms with Gasteiger partial charge in [0, 0.05) is 37.9 Å². The van der Waals surface area contributed by atoms with Gasteiger partial charge in [-0.15, -0.1) is 0 Å². The third-order valence-corrected chi connectivity index (χ3v) is 4.34. The van der Waals surface area contributed by atoms with Gasteiger partial charge in [0.15, 0.2) is 0 Å². The standard InChI is InChI=1S/C18H26N2O3/c1-4-20(13-14(2)3)17(22)8-10-18(9-7-16(21)19-18)12-15-6-5-11-23-15/h5-6,11H,2,4,7-10,12-13H2,1,3H3,(H,19,21). The highest BCUT2D eigenvalue weighted by Gasteiger charge is 2.38. The Hall–Kier alpha value is -2.04. The average molecular weight is 318 g/mol. The molecule has 1 N–H and O–H groups in total. The molecule has 1 aromatic heterocycles. The third kappa shape index (κ3) is 4.71. The van der Waals surface area contributed by atoms with Crippen molar-refractivity contribution in [2.75, 3.05) is 13.1 Å². The molecule has 126 valence electrons. The van der Waals surface area contributed by atoms with Crippen molar-refractivity contribution in [2.45, 2.75) is 51.5 Å². The Labute approximate surface area is 137 Å². The summed E-state index contributed by atoms with van der Waals surface area (Å²) in [5.41, 5.74) is 0.604. The summed E-state index contributed by atoms with van der Waals surface area (Å²) in [5.74, 6) is 1.00. The van der Waals surface area contributed by atoms with E-state index < -0.39 is 0 Å². The largest absolute Gasteiger partial charge is 0.469 e. The first-order valence-corrected chi connectivity index (χ1v) is 8.20. The lowest BCUT2D eigenvalue weighted by Gasteiger charge is -2.29. The first kappa shape index (κ1) is 17.3. The zero-order valence-corrected chi connectivity index (χ0v) is 14.1. The van der Waals surface area contributed by atoms with Crippen LogP contribution in [-0.4, -0.2) is 35.3 Å². The summed E-state index contributed by atoms with van der Waals surface area (Å²) in [6.45, 7) is 9.02. The monoisotopic (exact) mass is 318 g/mol. The summed E-state index contributed by atoms with van der Waals surface area (Å²) < 4.78 is 5.43. The predicted octanol–water partition coefficient (Wildman–Crippen LogP) is 2.68. The van der Waals surface area contributed by atoms with E-state index in [1.54, 1.807) is 11.2 Å². The maximum absolute atomic E-state index is 12.4. The number of hydrogen-bond donors (Lipinski definition) is 1. The van der Waals surface area contributed by atoms with E-state index >= 15 is 0 Å². The molecule has 1 aromatic rings. The maximum Gasteiger partial charge on any atom is 0.222 e. The summed E-state index contributed by atoms with van der Waals surface area (Å²) in [6, 6.07) is 3.75. The highest BCUT2D eigenvalue weighted by Crippen LogP contribution is 2.30. The van der Waals surface area contributed by atoms with Gasteiger partial charge in [-0.1, -0.05) is 12.2 Å². The van der Waals surface area contributed by atoms with E-state index in [2.05, 4.69) is 11.9 Å². The van der Waals surface area contributed by atoms with E-state index in [4.69, 9.17) is 4.42 Å². The molecule has 5 nitrogen and oxygen atoms in total. The summed E-state index contributed by atoms with van der Waals surface area (Å²) in [5, 5.41) is 3.07. The van der Waals surface area contributed by atoms with E-state index in [1.807, 2.05) is 26.0 Å². The molecule has 0 aromatic carbocycles. The lowest BCUT2D eigenvalue weighted by atomic mass is 9.87. The third-order valence-electron chi connectivity index (χ3n) is 4.34. The van der Waals surface area contributed by atoms with Crippen molar-refractivity contribution in [1.82, 2.24) is 10.2 Å². The number of rotatable bonds is 8. The Balaban J connectivity index is 1.99. The first-order valence-electron chi connectivity index (χ1n) is 8.20. The summed E-state index contributed by atoms with van der Waals surface area (Å²) in [6.07, 6.45) is 4.57. The summed E-state index contributed by atoms with van der Waals surface area (Å²) in [4.78, 5) is 26.0. The van der Waals surface area contributed by atoms with E-state index in [1.165, 1.54) is 0 Å². The van der Waals surface area contributed by atoms with Crippen molar-refractivity contribution in [3.8, 4) is 0 Å². The second-order valence-corrected chi connectivity index (χ2v) is 6.45. The van der Waals surface area contributed by atoms with Crippen molar-refractivity contribution < 1.29 is 14.0 Å². The Bertz CT molecular complexity index is 565. The van der Waals surface area contributed by atoms with Crippen LogP contribution in [0.5, 0.6) is 0 Å². The van der Waals surface area contributed by atoms with E-state index in [0.717, 1.165) is 17.8 Å². The Kier molecular flexibility index (Phi) is 5.64. The van der Waals surface area contributed by atoms with Crippen LogP contribution >= 0.6 is 0 Å². The SMILES string of the molecule is C=C(C)CN(CC)C(=O)CCC1(Cc2ccco2)CCC(=O)N1. The molecule has 1 unspecified atom stereocenters. The van der Waals surface area contributed by atoms with E-state index in [0.29, 0.717) is 38.8 Å². The fraction of sp³-hybridized carbons (Fsp3) is 0.556. The molecule has 0 aliphatic carbocycles. The molecule has 1 aliphatic heterocycles. The number of carbonyl (C=O) groups is 2. The lowest BCUT2D eigenvalue weighted by molar-refractivity contribution is -0.131. The molecule has 2 amide bonds. The number of furan rings is 1. The normalized spacial score (nSPS) is 20.3. The first-order chi connectivity index (χ1) is 10.9. The van der Waals surface area contributed by atoms with Crippen LogP contribution in [-0.2, 0) is 16.0 Å². The van der Waals surface area contributed by atoms with Gasteiger partial charge in [-0.3, -0.25) is 9.59 Å². The molecule has 5 heteroatoms. The molecule has 2 rings (SSSR count). The van der Waals surface area contributed by atoms with Crippen molar-refractivity contribution >= 4 is 11.8 Å². The Morgan fingerprint density at radius 1 is 1.52 bits per heavy atom. The van der Waals surface area contributed by atoms with Gasteiger partial charge >= 0.3 is 0 Å². The summed E-state index contributed by atoms with van der Waals surface area (Å²) >= 11 is 0. The lowest BCUT2D eigenvalue weighted by Crippen LogP contribution is -2.45. The smallest absolute Gasteiger partial charge is 0.222 e. The van der Waals surface area contributed by atoms with Crippen LogP contribution in [0.2, 0.25) is 0 Å². The van der Waals surface area contributed by atoms with Crippen molar-refractivity contribution in [2.24, 2.45) is 0 Å². The molecule has 1 saturated heterocycles. The molecule has 0 spiro atoms. The van der Waals surface area contributed by atoms with Gasteiger partial charge in [0.05, 0.1) is 6.26 Å². The topological polar surface area (TPSA) is 62.6 Å². The van der Waals surface area contributed by atoms with Crippen LogP contribution in [0.1, 0.15) is 45.3 Å². The molecule has 1 fully saturated rings. The zero-order valence-electron chi connectivity index (χ0n) is 14.1. The number of nitrogens with one attached hydrogen (secondary N) is 1. The molecule has 0 saturated carbocycles. The van der Waals surface area contributed by atoms with Gasteiger partial charge in [0.1, 0.15) is 5.76 Å². The molecule has 1 aliphatic rings. The summed E-state index contributed by atoms with van der Waals surface area (Å²) in [7, 11) is 0. The second kappa shape index (κ2) is 7.49. The van der Waals surface area contributed by atoms with Gasteiger partial charge in [-0.25, -0.2) is 0 Å². The van der Waals surface area contributed by atoms with Gasteiger partial charge in [0.25, 0.3) is 0 Å². The van der Waals surface area contributed by atoms with Gasteiger partial charge in [-0.2, -0.15) is 0 Å². The minimum atomic E-state index is -0.368. The van der Waals surface area contributed by atoms with Crippen LogP contribution in [0, 0.1) is 0 Å². The highest BCUT2D eigenvalue weighted by molar-refractivity contribution is 5.80. The Morgan fingerprint density at radius 3 is 2.83 bits per heavy atom. The van der Waals surface area contributed by atoms with Gasteiger partial charge in [0.2, 0.25) is 11.8 Å². The van der Waals surface area contributed by atoms with Crippen molar-refractivity contribution in [3.05, 3.63) is 36.3 Å². The van der Waals surface area contributed by atoms with Crippen LogP contribution < -0.4 is 5.32 Å². The molecular weight excluding hydrogens is 292 g/mol. The zero-order chi connectivity index (χ0) is 16.9.